The first-order chi connectivity index (χ1) is 16.9. The molecular weight excluding hydrogens is 414 g/mol. The molecule has 3 nitrogen and oxygen atoms in total. The van der Waals surface area contributed by atoms with Crippen LogP contribution in [0.4, 0.5) is 0 Å². The molecule has 0 radical (unpaired) electrons. The second-order valence-electron chi connectivity index (χ2n) is 9.16. The first kappa shape index (κ1) is 18.1. The van der Waals surface area contributed by atoms with Gasteiger partial charge in [0.25, 0.3) is 0 Å². The summed E-state index contributed by atoms with van der Waals surface area (Å²) in [5.41, 5.74) is 9.58. The van der Waals surface area contributed by atoms with Gasteiger partial charge in [-0.2, -0.15) is 0 Å². The summed E-state index contributed by atoms with van der Waals surface area (Å²) in [4.78, 5) is 5.05. The molecule has 0 spiro atoms. The first-order valence-corrected chi connectivity index (χ1v) is 11.9. The van der Waals surface area contributed by atoms with Gasteiger partial charge in [0.1, 0.15) is 5.65 Å². The van der Waals surface area contributed by atoms with Crippen LogP contribution in [-0.2, 0) is 6.42 Å². The van der Waals surface area contributed by atoms with Crippen molar-refractivity contribution in [1.29, 1.82) is 0 Å². The van der Waals surface area contributed by atoms with E-state index >= 15 is 0 Å². The molecule has 1 aliphatic carbocycles. The number of para-hydroxylation sites is 3. The Labute approximate surface area is 196 Å². The van der Waals surface area contributed by atoms with Gasteiger partial charge in [-0.1, -0.05) is 66.7 Å². The Bertz CT molecular complexity index is 1970. The zero-order valence-electron chi connectivity index (χ0n) is 18.6. The molecule has 1 aliphatic rings. The van der Waals surface area contributed by atoms with Crippen LogP contribution in [0.2, 0.25) is 0 Å². The minimum Gasteiger partial charge on any atom is -0.310 e. The first-order valence-electron chi connectivity index (χ1n) is 11.9. The van der Waals surface area contributed by atoms with Gasteiger partial charge >= 0.3 is 0 Å². The van der Waals surface area contributed by atoms with Gasteiger partial charge in [-0.15, -0.1) is 0 Å². The molecule has 4 aromatic carbocycles. The molecule has 160 valence electrons. The van der Waals surface area contributed by atoms with E-state index in [1.165, 1.54) is 49.5 Å². The summed E-state index contributed by atoms with van der Waals surface area (Å²) < 4.78 is 4.77. The Hall–Kier alpha value is -4.37. The Balaban J connectivity index is 1.56. The molecule has 0 N–H and O–H groups in total. The second kappa shape index (κ2) is 6.58. The van der Waals surface area contributed by atoms with Crippen LogP contribution < -0.4 is 0 Å². The number of hydrogen-bond acceptors (Lipinski definition) is 1. The number of pyridine rings is 1. The molecule has 7 aromatic rings. The van der Waals surface area contributed by atoms with E-state index in [0.717, 1.165) is 29.5 Å². The number of imidazole rings is 1. The molecule has 0 bridgehead atoms. The van der Waals surface area contributed by atoms with E-state index in [-0.39, 0.29) is 0 Å². The van der Waals surface area contributed by atoms with E-state index in [1.54, 1.807) is 0 Å². The fraction of sp³-hybridized carbons (Fsp3) is 0.0645. The fourth-order valence-electron chi connectivity index (χ4n) is 5.90. The van der Waals surface area contributed by atoms with Crippen LogP contribution in [0.5, 0.6) is 0 Å². The molecule has 0 atom stereocenters. The van der Waals surface area contributed by atoms with Crippen LogP contribution >= 0.6 is 0 Å². The number of rotatable bonds is 1. The Kier molecular flexibility index (Phi) is 3.50. The summed E-state index contributed by atoms with van der Waals surface area (Å²) in [7, 11) is 0. The van der Waals surface area contributed by atoms with Gasteiger partial charge in [0, 0.05) is 27.5 Å². The van der Waals surface area contributed by atoms with Crippen molar-refractivity contribution >= 4 is 55.3 Å². The van der Waals surface area contributed by atoms with Gasteiger partial charge in [0.15, 0.2) is 0 Å². The van der Waals surface area contributed by atoms with Crippen LogP contribution in [0.3, 0.4) is 0 Å². The molecule has 3 heteroatoms. The summed E-state index contributed by atoms with van der Waals surface area (Å²) >= 11 is 0. The smallest absolute Gasteiger partial charge is 0.146 e. The minimum absolute atomic E-state index is 1.01. The molecule has 3 heterocycles. The van der Waals surface area contributed by atoms with Gasteiger partial charge in [-0.25, -0.2) is 4.98 Å². The monoisotopic (exact) mass is 435 g/mol. The summed E-state index contributed by atoms with van der Waals surface area (Å²) in [6, 6.07) is 32.8. The van der Waals surface area contributed by atoms with E-state index in [9.17, 15) is 0 Å². The lowest BCUT2D eigenvalue weighted by Crippen LogP contribution is -2.01. The molecule has 0 saturated heterocycles. The lowest BCUT2D eigenvalue weighted by atomic mass is 10.0. The lowest BCUT2D eigenvalue weighted by molar-refractivity contribution is 0.968. The van der Waals surface area contributed by atoms with Gasteiger partial charge in [-0.05, 0) is 60.2 Å². The Morgan fingerprint density at radius 1 is 0.647 bits per heavy atom. The van der Waals surface area contributed by atoms with Crippen molar-refractivity contribution in [3.8, 4) is 5.69 Å². The van der Waals surface area contributed by atoms with Crippen molar-refractivity contribution in [3.63, 3.8) is 0 Å². The van der Waals surface area contributed by atoms with E-state index in [0.29, 0.717) is 0 Å². The topological polar surface area (TPSA) is 22.2 Å². The maximum Gasteiger partial charge on any atom is 0.146 e. The third kappa shape index (κ3) is 2.28. The SMILES string of the molecule is C1=Cc2c(c3ccccc3n2-c2ccc3c4ccccc4c4nc5ccccc5n4c3c2)CC1. The quantitative estimate of drug-likeness (QED) is 0.242. The average molecular weight is 436 g/mol. The van der Waals surface area contributed by atoms with Crippen molar-refractivity contribution in [2.75, 3.05) is 0 Å². The Morgan fingerprint density at radius 3 is 2.32 bits per heavy atom. The zero-order chi connectivity index (χ0) is 22.2. The molecule has 8 rings (SSSR count). The van der Waals surface area contributed by atoms with Crippen LogP contribution in [0.15, 0.2) is 97.1 Å². The molecule has 34 heavy (non-hydrogen) atoms. The van der Waals surface area contributed by atoms with Gasteiger partial charge in [0.05, 0.1) is 22.1 Å². The molecule has 3 aromatic heterocycles. The van der Waals surface area contributed by atoms with Crippen LogP contribution in [0.25, 0.3) is 61.0 Å². The van der Waals surface area contributed by atoms with Gasteiger partial charge in [0.2, 0.25) is 0 Å². The van der Waals surface area contributed by atoms with E-state index in [2.05, 4.69) is 112 Å². The predicted molar refractivity (Wildman–Crippen MR) is 142 cm³/mol. The van der Waals surface area contributed by atoms with Crippen LogP contribution in [0, 0.1) is 0 Å². The summed E-state index contributed by atoms with van der Waals surface area (Å²) in [5.74, 6) is 0. The number of fused-ring (bicyclic) bond motifs is 11. The fourth-order valence-corrected chi connectivity index (χ4v) is 5.90. The lowest BCUT2D eigenvalue weighted by Gasteiger charge is -2.15. The normalized spacial score (nSPS) is 13.5. The summed E-state index contributed by atoms with van der Waals surface area (Å²) in [6.07, 6.45) is 6.79. The summed E-state index contributed by atoms with van der Waals surface area (Å²) in [5, 5.41) is 5.03. The number of aryl methyl sites for hydroxylation is 1. The highest BCUT2D eigenvalue weighted by Gasteiger charge is 2.19. The number of aromatic nitrogens is 3. The second-order valence-corrected chi connectivity index (χ2v) is 9.16. The Morgan fingerprint density at radius 2 is 1.41 bits per heavy atom. The molecule has 0 saturated carbocycles. The maximum absolute atomic E-state index is 5.05. The highest BCUT2D eigenvalue weighted by Crippen LogP contribution is 2.37. The standard InChI is InChI=1S/C31H21N3/c1-2-12-25-21(9-1)24-18-17-20(19-30(24)34-29-16-8-5-13-26(29)32-31(25)34)33-27-14-6-3-10-22(27)23-11-4-7-15-28(23)33/h1-3,5-10,12-19H,4,11H2. The van der Waals surface area contributed by atoms with Crippen LogP contribution in [-0.4, -0.2) is 14.0 Å². The van der Waals surface area contributed by atoms with Gasteiger partial charge in [-0.3, -0.25) is 4.40 Å². The predicted octanol–water partition coefficient (Wildman–Crippen LogP) is 7.70. The highest BCUT2D eigenvalue weighted by molar-refractivity contribution is 6.14. The molecule has 0 unspecified atom stereocenters. The number of hydrogen-bond donors (Lipinski definition) is 0. The minimum atomic E-state index is 1.01. The van der Waals surface area contributed by atoms with E-state index in [4.69, 9.17) is 4.98 Å². The average Bonchev–Trinajstić information content (AvgIpc) is 3.45. The molecular formula is C31H21N3. The van der Waals surface area contributed by atoms with E-state index < -0.39 is 0 Å². The van der Waals surface area contributed by atoms with Crippen LogP contribution in [0.1, 0.15) is 17.7 Å². The third-order valence-corrected chi connectivity index (χ3v) is 7.36. The van der Waals surface area contributed by atoms with Crippen molar-refractivity contribution in [3.05, 3.63) is 108 Å². The number of allylic oxidation sites excluding steroid dienone is 1. The van der Waals surface area contributed by atoms with Crippen molar-refractivity contribution in [1.82, 2.24) is 14.0 Å². The number of nitrogens with zero attached hydrogens (tertiary/aromatic N) is 3. The maximum atomic E-state index is 5.05. The zero-order valence-corrected chi connectivity index (χ0v) is 18.6. The van der Waals surface area contributed by atoms with Crippen molar-refractivity contribution in [2.24, 2.45) is 0 Å². The van der Waals surface area contributed by atoms with Crippen molar-refractivity contribution in [2.45, 2.75) is 12.8 Å². The summed E-state index contributed by atoms with van der Waals surface area (Å²) in [6.45, 7) is 0. The molecule has 0 amide bonds. The molecule has 0 fully saturated rings. The van der Waals surface area contributed by atoms with Gasteiger partial charge < -0.3 is 4.57 Å². The number of benzene rings is 4. The van der Waals surface area contributed by atoms with E-state index in [1.807, 2.05) is 0 Å². The largest absolute Gasteiger partial charge is 0.310 e. The molecule has 0 aliphatic heterocycles. The van der Waals surface area contributed by atoms with Crippen molar-refractivity contribution < 1.29 is 0 Å². The third-order valence-electron chi connectivity index (χ3n) is 7.36. The highest BCUT2D eigenvalue weighted by atomic mass is 15.0.